The molecule has 0 atom stereocenters. The predicted molar refractivity (Wildman–Crippen MR) is 490 cm³/mol. The standard InChI is InChI=1S/C57H37N5.C55H36N2/c1-3-11-38(12-4-1)39-27-29-45(30-28-39)56-60-55(44-13-5-2-6-14-44)61-57(62-56)50-34-48(40-19-23-42(24-20-40)51-31-46-15-7-9-17-53(46)58-36-51)33-49(35-50)41-21-25-43(26-22-41)52-32-47-16-8-10-18-54(47)59-37-52;1-3-13-44(14-4-1)55(45-15-5-2-6-16-45)50-19-9-7-17-46(50)47-31-30-43(35-51(47)55)42-29-28-40-33-39(26-27-41(40)34-42)37-22-24-38(25-23-37)49-36-54(53-21-11-12-32-56-53)57-52-20-10-8-18-48(49)52/h1-37H;1-36H. The molecule has 22 rings (SSSR count). The van der Waals surface area contributed by atoms with Crippen molar-refractivity contribution in [1.82, 2.24) is 34.9 Å². The Morgan fingerprint density at radius 3 is 1.12 bits per heavy atom. The molecule has 1 aliphatic carbocycles. The summed E-state index contributed by atoms with van der Waals surface area (Å²) in [6, 6.07) is 151. The minimum atomic E-state index is -0.419. The summed E-state index contributed by atoms with van der Waals surface area (Å²) in [7, 11) is 0. The van der Waals surface area contributed by atoms with Crippen LogP contribution in [0.3, 0.4) is 0 Å². The van der Waals surface area contributed by atoms with Gasteiger partial charge in [0.1, 0.15) is 0 Å². The van der Waals surface area contributed by atoms with E-state index < -0.39 is 5.41 Å². The van der Waals surface area contributed by atoms with E-state index in [4.69, 9.17) is 29.9 Å². The molecule has 5 aromatic heterocycles. The fourth-order valence-corrected chi connectivity index (χ4v) is 17.2. The van der Waals surface area contributed by atoms with E-state index in [0.717, 1.165) is 128 Å². The summed E-state index contributed by atoms with van der Waals surface area (Å²) in [5.41, 5.74) is 32.9. The fourth-order valence-electron chi connectivity index (χ4n) is 17.2. The van der Waals surface area contributed by atoms with E-state index >= 15 is 0 Å². The topological polar surface area (TPSA) is 90.2 Å². The molecule has 0 aliphatic heterocycles. The van der Waals surface area contributed by atoms with E-state index in [2.05, 4.69) is 345 Å². The quantitative estimate of drug-likeness (QED) is 0.107. The molecule has 0 spiro atoms. The van der Waals surface area contributed by atoms with Crippen LogP contribution in [0, 0.1) is 0 Å². The zero-order valence-electron chi connectivity index (χ0n) is 64.8. The molecule has 0 saturated heterocycles. The molecule has 0 bridgehead atoms. The van der Waals surface area contributed by atoms with E-state index in [0.29, 0.717) is 17.5 Å². The van der Waals surface area contributed by atoms with Crippen molar-refractivity contribution in [2.45, 2.75) is 5.41 Å². The monoisotopic (exact) mass is 1520 g/mol. The van der Waals surface area contributed by atoms with Gasteiger partial charge in [-0.2, -0.15) is 0 Å². The summed E-state index contributed by atoms with van der Waals surface area (Å²) in [5.74, 6) is 1.83. The average molecular weight is 1520 g/mol. The molecule has 21 aromatic rings. The highest BCUT2D eigenvalue weighted by atomic mass is 15.0. The molecule has 0 saturated carbocycles. The Morgan fingerprint density at radius 2 is 0.555 bits per heavy atom. The largest absolute Gasteiger partial charge is 0.256 e. The smallest absolute Gasteiger partial charge is 0.164 e. The maximum Gasteiger partial charge on any atom is 0.164 e. The fraction of sp³-hybridized carbons (Fsp3) is 0.00893. The van der Waals surface area contributed by atoms with Gasteiger partial charge in [-0.1, -0.05) is 340 Å². The summed E-state index contributed by atoms with van der Waals surface area (Å²) >= 11 is 0. The van der Waals surface area contributed by atoms with Crippen LogP contribution in [-0.2, 0) is 5.41 Å². The molecular weight excluding hydrogens is 1440 g/mol. The van der Waals surface area contributed by atoms with E-state index in [1.165, 1.54) is 66.4 Å². The Morgan fingerprint density at radius 1 is 0.176 bits per heavy atom. The predicted octanol–water partition coefficient (Wildman–Crippen LogP) is 28.1. The lowest BCUT2D eigenvalue weighted by atomic mass is 9.67. The number of hydrogen-bond donors (Lipinski definition) is 0. The first-order valence-corrected chi connectivity index (χ1v) is 40.3. The minimum Gasteiger partial charge on any atom is -0.256 e. The number of nitrogens with zero attached hydrogens (tertiary/aromatic N) is 7. The molecule has 16 aromatic carbocycles. The van der Waals surface area contributed by atoms with Gasteiger partial charge in [0.2, 0.25) is 0 Å². The Balaban J connectivity index is 0.000000148. The normalized spacial score (nSPS) is 11.9. The summed E-state index contributed by atoms with van der Waals surface area (Å²) < 4.78 is 0. The molecule has 5 heterocycles. The minimum absolute atomic E-state index is 0.419. The van der Waals surface area contributed by atoms with Crippen LogP contribution in [-0.4, -0.2) is 34.9 Å². The van der Waals surface area contributed by atoms with Crippen molar-refractivity contribution in [3.05, 3.63) is 465 Å². The summed E-state index contributed by atoms with van der Waals surface area (Å²) in [6.07, 6.45) is 5.72. The lowest BCUT2D eigenvalue weighted by Crippen LogP contribution is -2.28. The van der Waals surface area contributed by atoms with Gasteiger partial charge in [0.15, 0.2) is 17.5 Å². The molecule has 0 unspecified atom stereocenters. The SMILES string of the molecule is c1ccc(-c2ccc(-c3nc(-c4ccccc4)nc(-c4cc(-c5ccc(-c6cnc7ccccc7c6)cc5)cc(-c5ccc(-c6cnc7ccccc7c6)cc5)c4)n3)cc2)cc1.c1ccc(C2(c3ccccc3)c3ccccc3-c3ccc(-c4ccc5cc(-c6ccc(-c7cc(-c8ccccn8)nc8ccccc78)cc6)ccc5c4)cc32)cc1. The number of para-hydroxylation sites is 3. The van der Waals surface area contributed by atoms with Crippen molar-refractivity contribution in [1.29, 1.82) is 0 Å². The second kappa shape index (κ2) is 30.8. The zero-order chi connectivity index (χ0) is 79.0. The molecule has 0 N–H and O–H groups in total. The third kappa shape index (κ3) is 13.7. The van der Waals surface area contributed by atoms with Crippen molar-refractivity contribution >= 4 is 43.5 Å². The van der Waals surface area contributed by atoms with Gasteiger partial charge < -0.3 is 0 Å². The Bertz CT molecular complexity index is 7170. The Hall–Kier alpha value is -15.8. The van der Waals surface area contributed by atoms with Crippen LogP contribution in [0.1, 0.15) is 22.3 Å². The summed E-state index contributed by atoms with van der Waals surface area (Å²) in [6.45, 7) is 0. The van der Waals surface area contributed by atoms with E-state index in [-0.39, 0.29) is 0 Å². The molecule has 7 nitrogen and oxygen atoms in total. The van der Waals surface area contributed by atoms with Crippen molar-refractivity contribution in [3.8, 4) is 146 Å². The van der Waals surface area contributed by atoms with Crippen LogP contribution in [0.4, 0.5) is 0 Å². The maximum atomic E-state index is 5.19. The first-order valence-electron chi connectivity index (χ1n) is 40.3. The maximum absolute atomic E-state index is 5.19. The number of aromatic nitrogens is 7. The van der Waals surface area contributed by atoms with Gasteiger partial charge in [-0.25, -0.2) is 19.9 Å². The number of fused-ring (bicyclic) bond motifs is 7. The number of hydrogen-bond acceptors (Lipinski definition) is 7. The van der Waals surface area contributed by atoms with Gasteiger partial charge in [-0.15, -0.1) is 0 Å². The molecule has 119 heavy (non-hydrogen) atoms. The Labute approximate surface area is 690 Å². The summed E-state index contributed by atoms with van der Waals surface area (Å²) in [5, 5.41) is 5.81. The lowest BCUT2D eigenvalue weighted by Gasteiger charge is -2.34. The van der Waals surface area contributed by atoms with Crippen molar-refractivity contribution in [3.63, 3.8) is 0 Å². The molecule has 0 amide bonds. The van der Waals surface area contributed by atoms with Crippen molar-refractivity contribution in [2.24, 2.45) is 0 Å². The second-order valence-electron chi connectivity index (χ2n) is 30.3. The number of pyridine rings is 4. The molecule has 0 fully saturated rings. The van der Waals surface area contributed by atoms with E-state index in [1.54, 1.807) is 0 Å². The van der Waals surface area contributed by atoms with Crippen LogP contribution < -0.4 is 0 Å². The molecule has 7 heteroatoms. The highest BCUT2D eigenvalue weighted by molar-refractivity contribution is 5.98. The Kier molecular flexibility index (Phi) is 18.4. The third-order valence-corrected chi connectivity index (χ3v) is 23.2. The second-order valence-corrected chi connectivity index (χ2v) is 30.3. The third-order valence-electron chi connectivity index (χ3n) is 23.2. The first kappa shape index (κ1) is 71.0. The molecule has 0 radical (unpaired) electrons. The zero-order valence-corrected chi connectivity index (χ0v) is 64.8. The number of rotatable bonds is 14. The van der Waals surface area contributed by atoms with Crippen LogP contribution in [0.25, 0.3) is 189 Å². The lowest BCUT2D eigenvalue weighted by molar-refractivity contribution is 0.769. The first-order chi connectivity index (χ1) is 58.9. The van der Waals surface area contributed by atoms with Crippen molar-refractivity contribution < 1.29 is 0 Å². The molecule has 556 valence electrons. The van der Waals surface area contributed by atoms with E-state index in [9.17, 15) is 0 Å². The van der Waals surface area contributed by atoms with E-state index in [1.807, 2.05) is 104 Å². The summed E-state index contributed by atoms with van der Waals surface area (Å²) in [4.78, 5) is 34.4. The van der Waals surface area contributed by atoms with Crippen LogP contribution in [0.2, 0.25) is 0 Å². The highest BCUT2D eigenvalue weighted by Crippen LogP contribution is 2.57. The van der Waals surface area contributed by atoms with Gasteiger partial charge in [-0.05, 0) is 207 Å². The van der Waals surface area contributed by atoms with Gasteiger partial charge in [0.05, 0.1) is 33.4 Å². The number of benzene rings is 16. The average Bonchev–Trinajstić information content (AvgIpc) is 1.54. The van der Waals surface area contributed by atoms with Gasteiger partial charge >= 0.3 is 0 Å². The van der Waals surface area contributed by atoms with Gasteiger partial charge in [0, 0.05) is 62.6 Å². The van der Waals surface area contributed by atoms with Gasteiger partial charge in [0.25, 0.3) is 0 Å². The van der Waals surface area contributed by atoms with Crippen LogP contribution in [0.5, 0.6) is 0 Å². The molecular formula is C112H73N7. The van der Waals surface area contributed by atoms with Crippen LogP contribution >= 0.6 is 0 Å². The van der Waals surface area contributed by atoms with Crippen molar-refractivity contribution in [2.75, 3.05) is 0 Å². The molecule has 1 aliphatic rings. The highest BCUT2D eigenvalue weighted by Gasteiger charge is 2.46. The van der Waals surface area contributed by atoms with Crippen LogP contribution in [0.15, 0.2) is 443 Å². The van der Waals surface area contributed by atoms with Gasteiger partial charge in [-0.3, -0.25) is 15.0 Å².